The zero-order chi connectivity index (χ0) is 14.2. The maximum absolute atomic E-state index is 4.52. The monoisotopic (exact) mass is 270 g/mol. The first-order valence-electron chi connectivity index (χ1n) is 7.06. The number of anilines is 1. The van der Waals surface area contributed by atoms with Gasteiger partial charge < -0.3 is 10.2 Å². The lowest BCUT2D eigenvalue weighted by molar-refractivity contribution is 0.671. The second-order valence-corrected chi connectivity index (χ2v) is 4.88. The van der Waals surface area contributed by atoms with Crippen molar-refractivity contribution >= 4 is 5.82 Å². The number of hydrogen-bond acceptors (Lipinski definition) is 4. The van der Waals surface area contributed by atoms with Crippen LogP contribution in [0.25, 0.3) is 0 Å². The zero-order valence-electron chi connectivity index (χ0n) is 12.2. The fraction of sp³-hybridized carbons (Fsp3) is 0.375. The summed E-state index contributed by atoms with van der Waals surface area (Å²) in [6.45, 7) is 4.87. The fourth-order valence-corrected chi connectivity index (χ4v) is 2.15. The molecule has 4 nitrogen and oxygen atoms in total. The topological polar surface area (TPSA) is 41.1 Å². The summed E-state index contributed by atoms with van der Waals surface area (Å²) in [5.74, 6) is 1.03. The summed E-state index contributed by atoms with van der Waals surface area (Å²) in [4.78, 5) is 10.8. The van der Waals surface area contributed by atoms with Crippen LogP contribution in [0.5, 0.6) is 0 Å². The van der Waals surface area contributed by atoms with Gasteiger partial charge in [0.05, 0.1) is 0 Å². The smallest absolute Gasteiger partial charge is 0.133 e. The average molecular weight is 270 g/mol. The molecule has 0 saturated heterocycles. The number of pyridine rings is 2. The first kappa shape index (κ1) is 14.5. The van der Waals surface area contributed by atoms with Gasteiger partial charge in [0.1, 0.15) is 5.82 Å². The Morgan fingerprint density at radius 3 is 2.80 bits per heavy atom. The molecule has 0 aliphatic rings. The van der Waals surface area contributed by atoms with Gasteiger partial charge in [-0.3, -0.25) is 4.98 Å². The largest absolute Gasteiger partial charge is 0.355 e. The SMILES string of the molecule is CCCNCc1cccnc1N(C)Cc1cccnc1. The molecule has 0 atom stereocenters. The summed E-state index contributed by atoms with van der Waals surface area (Å²) in [6, 6.07) is 8.17. The van der Waals surface area contributed by atoms with Crippen molar-refractivity contribution in [3.8, 4) is 0 Å². The highest BCUT2D eigenvalue weighted by molar-refractivity contribution is 5.46. The van der Waals surface area contributed by atoms with Crippen LogP contribution in [0.4, 0.5) is 5.82 Å². The highest BCUT2D eigenvalue weighted by atomic mass is 15.2. The van der Waals surface area contributed by atoms with Gasteiger partial charge in [0, 0.05) is 44.3 Å². The standard InChI is InChI=1S/C16H22N4/c1-3-8-17-12-15-7-5-10-19-16(15)20(2)13-14-6-4-9-18-11-14/h4-7,9-11,17H,3,8,12-13H2,1-2H3. The van der Waals surface area contributed by atoms with Gasteiger partial charge in [-0.2, -0.15) is 0 Å². The lowest BCUT2D eigenvalue weighted by Gasteiger charge is -2.21. The first-order valence-corrected chi connectivity index (χ1v) is 7.06. The van der Waals surface area contributed by atoms with Gasteiger partial charge in [-0.05, 0) is 30.7 Å². The van der Waals surface area contributed by atoms with Crippen molar-refractivity contribution < 1.29 is 0 Å². The van der Waals surface area contributed by atoms with Crippen molar-refractivity contribution in [3.63, 3.8) is 0 Å². The van der Waals surface area contributed by atoms with Crippen LogP contribution in [0.15, 0.2) is 42.9 Å². The summed E-state index contributed by atoms with van der Waals surface area (Å²) >= 11 is 0. The Bertz CT molecular complexity index is 513. The molecule has 0 bridgehead atoms. The maximum Gasteiger partial charge on any atom is 0.133 e. The van der Waals surface area contributed by atoms with Crippen molar-refractivity contribution in [1.82, 2.24) is 15.3 Å². The molecular formula is C16H22N4. The quantitative estimate of drug-likeness (QED) is 0.785. The molecule has 0 unspecified atom stereocenters. The third-order valence-electron chi connectivity index (χ3n) is 3.11. The van der Waals surface area contributed by atoms with Crippen LogP contribution in [0.3, 0.4) is 0 Å². The van der Waals surface area contributed by atoms with E-state index in [4.69, 9.17) is 0 Å². The fourth-order valence-electron chi connectivity index (χ4n) is 2.15. The van der Waals surface area contributed by atoms with Gasteiger partial charge in [0.15, 0.2) is 0 Å². The number of nitrogens with zero attached hydrogens (tertiary/aromatic N) is 3. The molecule has 2 heterocycles. The molecule has 0 radical (unpaired) electrons. The number of aromatic nitrogens is 2. The molecule has 0 saturated carbocycles. The van der Waals surface area contributed by atoms with E-state index in [-0.39, 0.29) is 0 Å². The van der Waals surface area contributed by atoms with E-state index in [1.807, 2.05) is 24.5 Å². The third kappa shape index (κ3) is 4.03. The first-order chi connectivity index (χ1) is 9.81. The molecule has 2 aromatic heterocycles. The van der Waals surface area contributed by atoms with E-state index in [0.717, 1.165) is 31.9 Å². The van der Waals surface area contributed by atoms with E-state index in [0.29, 0.717) is 0 Å². The van der Waals surface area contributed by atoms with Crippen molar-refractivity contribution in [3.05, 3.63) is 54.0 Å². The molecular weight excluding hydrogens is 248 g/mol. The van der Waals surface area contributed by atoms with Crippen LogP contribution in [0.1, 0.15) is 24.5 Å². The minimum atomic E-state index is 0.811. The molecule has 2 aromatic rings. The number of nitrogens with one attached hydrogen (secondary N) is 1. The molecule has 0 amide bonds. The Hall–Kier alpha value is -1.94. The highest BCUT2D eigenvalue weighted by Gasteiger charge is 2.08. The molecule has 0 aromatic carbocycles. The minimum Gasteiger partial charge on any atom is -0.355 e. The van der Waals surface area contributed by atoms with E-state index in [1.165, 1.54) is 11.1 Å². The van der Waals surface area contributed by atoms with Gasteiger partial charge >= 0.3 is 0 Å². The van der Waals surface area contributed by atoms with E-state index in [1.54, 1.807) is 6.20 Å². The third-order valence-corrected chi connectivity index (χ3v) is 3.11. The summed E-state index contributed by atoms with van der Waals surface area (Å²) in [7, 11) is 2.07. The van der Waals surface area contributed by atoms with Crippen LogP contribution in [-0.2, 0) is 13.1 Å². The van der Waals surface area contributed by atoms with Crippen LogP contribution in [0, 0.1) is 0 Å². The van der Waals surface area contributed by atoms with Crippen molar-refractivity contribution in [2.24, 2.45) is 0 Å². The highest BCUT2D eigenvalue weighted by Crippen LogP contribution is 2.17. The predicted octanol–water partition coefficient (Wildman–Crippen LogP) is 2.61. The Morgan fingerprint density at radius 1 is 1.20 bits per heavy atom. The molecule has 4 heteroatoms. The lowest BCUT2D eigenvalue weighted by atomic mass is 10.2. The summed E-state index contributed by atoms with van der Waals surface area (Å²) < 4.78 is 0. The van der Waals surface area contributed by atoms with Gasteiger partial charge in [-0.25, -0.2) is 4.98 Å². The normalized spacial score (nSPS) is 10.5. The Morgan fingerprint density at radius 2 is 2.05 bits per heavy atom. The second kappa shape index (κ2) is 7.60. The van der Waals surface area contributed by atoms with Crippen LogP contribution in [0.2, 0.25) is 0 Å². The maximum atomic E-state index is 4.52. The molecule has 0 aliphatic carbocycles. The predicted molar refractivity (Wildman–Crippen MR) is 82.6 cm³/mol. The molecule has 1 N–H and O–H groups in total. The Balaban J connectivity index is 2.07. The van der Waals surface area contributed by atoms with Crippen molar-refractivity contribution in [2.45, 2.75) is 26.4 Å². The molecule has 20 heavy (non-hydrogen) atoms. The van der Waals surface area contributed by atoms with E-state index < -0.39 is 0 Å². The summed E-state index contributed by atoms with van der Waals surface area (Å²) in [6.07, 6.45) is 6.68. The molecule has 106 valence electrons. The molecule has 0 spiro atoms. The van der Waals surface area contributed by atoms with Crippen LogP contribution >= 0.6 is 0 Å². The Kier molecular flexibility index (Phi) is 5.50. The van der Waals surface area contributed by atoms with E-state index in [2.05, 4.69) is 46.3 Å². The van der Waals surface area contributed by atoms with E-state index >= 15 is 0 Å². The van der Waals surface area contributed by atoms with Crippen molar-refractivity contribution in [2.75, 3.05) is 18.5 Å². The Labute approximate surface area is 120 Å². The average Bonchev–Trinajstić information content (AvgIpc) is 2.49. The number of hydrogen-bond donors (Lipinski definition) is 1. The van der Waals surface area contributed by atoms with Gasteiger partial charge in [0.2, 0.25) is 0 Å². The van der Waals surface area contributed by atoms with Gasteiger partial charge in [-0.15, -0.1) is 0 Å². The van der Waals surface area contributed by atoms with Gasteiger partial charge in [-0.1, -0.05) is 19.1 Å². The van der Waals surface area contributed by atoms with Gasteiger partial charge in [0.25, 0.3) is 0 Å². The number of rotatable bonds is 7. The van der Waals surface area contributed by atoms with Crippen molar-refractivity contribution in [1.29, 1.82) is 0 Å². The summed E-state index contributed by atoms with van der Waals surface area (Å²) in [5, 5.41) is 3.43. The van der Waals surface area contributed by atoms with Crippen LogP contribution < -0.4 is 10.2 Å². The summed E-state index contributed by atoms with van der Waals surface area (Å²) in [5.41, 5.74) is 2.42. The molecule has 2 rings (SSSR count). The molecule has 0 aliphatic heterocycles. The van der Waals surface area contributed by atoms with Crippen LogP contribution in [-0.4, -0.2) is 23.6 Å². The second-order valence-electron chi connectivity index (χ2n) is 4.88. The minimum absolute atomic E-state index is 0.811. The zero-order valence-corrected chi connectivity index (χ0v) is 12.2. The molecule has 0 fully saturated rings. The lowest BCUT2D eigenvalue weighted by Crippen LogP contribution is -2.22. The van der Waals surface area contributed by atoms with E-state index in [9.17, 15) is 0 Å².